The molecular formula is C18H27N4O3S+. The third-order valence-electron chi connectivity index (χ3n) is 4.35. The highest BCUT2D eigenvalue weighted by atomic mass is 32.1. The second kappa shape index (κ2) is 9.49. The fourth-order valence-corrected chi connectivity index (χ4v) is 3.08. The van der Waals surface area contributed by atoms with Crippen LogP contribution in [0.1, 0.15) is 30.1 Å². The largest absolute Gasteiger partial charge is 0.465 e. The summed E-state index contributed by atoms with van der Waals surface area (Å²) in [7, 11) is 3.53. The molecule has 0 radical (unpaired) electrons. The first-order chi connectivity index (χ1) is 12.4. The van der Waals surface area contributed by atoms with E-state index in [0.29, 0.717) is 17.7 Å². The first kappa shape index (κ1) is 20.1. The molecule has 1 aliphatic heterocycles. The summed E-state index contributed by atoms with van der Waals surface area (Å²) in [5, 5.41) is 5.97. The van der Waals surface area contributed by atoms with Crippen LogP contribution in [0.5, 0.6) is 0 Å². The lowest BCUT2D eigenvalue weighted by Crippen LogP contribution is -3.12. The van der Waals surface area contributed by atoms with Crippen molar-refractivity contribution in [2.45, 2.75) is 19.8 Å². The van der Waals surface area contributed by atoms with Gasteiger partial charge >= 0.3 is 5.97 Å². The van der Waals surface area contributed by atoms with Gasteiger partial charge in [-0.1, -0.05) is 6.92 Å². The predicted molar refractivity (Wildman–Crippen MR) is 106 cm³/mol. The van der Waals surface area contributed by atoms with Crippen LogP contribution < -0.4 is 20.4 Å². The van der Waals surface area contributed by atoms with Gasteiger partial charge < -0.3 is 25.2 Å². The molecule has 142 valence electrons. The van der Waals surface area contributed by atoms with Crippen LogP contribution in [-0.2, 0) is 9.53 Å². The van der Waals surface area contributed by atoms with Crippen LogP contribution in [0, 0.1) is 0 Å². The minimum Gasteiger partial charge on any atom is -0.465 e. The highest BCUT2D eigenvalue weighted by Gasteiger charge is 2.21. The Balaban J connectivity index is 2.22. The minimum absolute atomic E-state index is 0.126. The summed E-state index contributed by atoms with van der Waals surface area (Å²) < 4.78 is 4.81. The van der Waals surface area contributed by atoms with Gasteiger partial charge in [0.1, 0.15) is 0 Å². The number of nitrogens with zero attached hydrogens (tertiary/aromatic N) is 1. The second-order valence-electron chi connectivity index (χ2n) is 6.42. The second-order valence-corrected chi connectivity index (χ2v) is 6.83. The monoisotopic (exact) mass is 379 g/mol. The molecule has 26 heavy (non-hydrogen) atoms. The third-order valence-corrected chi connectivity index (χ3v) is 4.56. The number of rotatable bonds is 5. The summed E-state index contributed by atoms with van der Waals surface area (Å²) >= 11 is 5.26. The van der Waals surface area contributed by atoms with Crippen LogP contribution in [0.25, 0.3) is 0 Å². The molecule has 3 N–H and O–H groups in total. The Morgan fingerprint density at radius 2 is 2.00 bits per heavy atom. The van der Waals surface area contributed by atoms with E-state index >= 15 is 0 Å². The Labute approximate surface area is 159 Å². The Bertz CT molecular complexity index is 672. The lowest BCUT2D eigenvalue weighted by atomic mass is 10.1. The van der Waals surface area contributed by atoms with E-state index in [0.717, 1.165) is 38.3 Å². The van der Waals surface area contributed by atoms with Gasteiger partial charge in [-0.15, -0.1) is 0 Å². The van der Waals surface area contributed by atoms with Gasteiger partial charge in [0.05, 0.1) is 57.3 Å². The smallest absolute Gasteiger partial charge is 0.337 e. The molecule has 0 spiro atoms. The Hall–Kier alpha value is -2.19. The van der Waals surface area contributed by atoms with Crippen LogP contribution in [0.2, 0.25) is 0 Å². The molecule has 1 fully saturated rings. The Morgan fingerprint density at radius 1 is 1.31 bits per heavy atom. The number of carbonyl (C=O) groups excluding carboxylic acids is 2. The molecule has 1 aromatic carbocycles. The van der Waals surface area contributed by atoms with E-state index in [1.165, 1.54) is 12.0 Å². The van der Waals surface area contributed by atoms with Crippen LogP contribution in [-0.4, -0.2) is 57.3 Å². The number of thiocarbonyl (C=S) groups is 1. The van der Waals surface area contributed by atoms with E-state index in [2.05, 4.69) is 22.6 Å². The third kappa shape index (κ3) is 5.40. The average Bonchev–Trinajstić information content (AvgIpc) is 2.62. The van der Waals surface area contributed by atoms with Gasteiger partial charge in [-0.2, -0.15) is 0 Å². The van der Waals surface area contributed by atoms with Crippen LogP contribution >= 0.6 is 12.2 Å². The molecule has 1 aliphatic rings. The van der Waals surface area contributed by atoms with Crippen molar-refractivity contribution < 1.29 is 19.2 Å². The maximum Gasteiger partial charge on any atom is 0.337 e. The normalized spacial score (nSPS) is 14.7. The van der Waals surface area contributed by atoms with Gasteiger partial charge in [0.2, 0.25) is 5.91 Å². The van der Waals surface area contributed by atoms with Gasteiger partial charge in [-0.05, 0) is 36.8 Å². The zero-order chi connectivity index (χ0) is 19.1. The number of amides is 1. The number of benzene rings is 1. The molecule has 1 heterocycles. The Morgan fingerprint density at radius 3 is 2.62 bits per heavy atom. The lowest BCUT2D eigenvalue weighted by Gasteiger charge is -2.33. The summed E-state index contributed by atoms with van der Waals surface area (Å²) in [6.45, 7) is 5.83. The van der Waals surface area contributed by atoms with Crippen molar-refractivity contribution in [2.24, 2.45) is 0 Å². The summed E-state index contributed by atoms with van der Waals surface area (Å²) in [6, 6.07) is 5.35. The maximum absolute atomic E-state index is 11.9. The summed E-state index contributed by atoms with van der Waals surface area (Å²) in [5.74, 6) is -0.540. The average molecular weight is 380 g/mol. The molecule has 0 atom stereocenters. The van der Waals surface area contributed by atoms with Crippen LogP contribution in [0.3, 0.4) is 0 Å². The summed E-state index contributed by atoms with van der Waals surface area (Å²) in [6.07, 6.45) is 1.17. The summed E-state index contributed by atoms with van der Waals surface area (Å²) in [4.78, 5) is 27.4. The van der Waals surface area contributed by atoms with E-state index < -0.39 is 5.97 Å². The minimum atomic E-state index is -0.414. The number of hydrogen-bond donors (Lipinski definition) is 3. The first-order valence-electron chi connectivity index (χ1n) is 8.84. The molecule has 0 aliphatic carbocycles. The number of quaternary nitrogens is 1. The number of nitrogens with one attached hydrogen (secondary N) is 3. The van der Waals surface area contributed by atoms with Crippen molar-refractivity contribution in [1.29, 1.82) is 0 Å². The molecular weight excluding hydrogens is 352 g/mol. The molecule has 0 aromatic heterocycles. The standard InChI is InChI=1S/C18H26N4O3S/c1-4-5-16(23)20-18(26)19-14-12-13(17(24)25-3)6-7-15(14)22-10-8-21(2)9-11-22/h6-7,12H,4-5,8-11H2,1-3H3,(H2,19,20,23,26)/p+1. The summed E-state index contributed by atoms with van der Waals surface area (Å²) in [5.41, 5.74) is 2.08. The van der Waals surface area contributed by atoms with Gasteiger partial charge in [-0.25, -0.2) is 4.79 Å². The van der Waals surface area contributed by atoms with Gasteiger partial charge in [-0.3, -0.25) is 4.79 Å². The van der Waals surface area contributed by atoms with Gasteiger partial charge in [0.25, 0.3) is 0 Å². The zero-order valence-corrected chi connectivity index (χ0v) is 16.4. The molecule has 2 rings (SSSR count). The zero-order valence-electron chi connectivity index (χ0n) is 15.6. The van der Waals surface area contributed by atoms with Crippen LogP contribution in [0.4, 0.5) is 11.4 Å². The Kier molecular flexibility index (Phi) is 7.35. The van der Waals surface area contributed by atoms with E-state index in [9.17, 15) is 9.59 Å². The molecule has 0 bridgehead atoms. The highest BCUT2D eigenvalue weighted by molar-refractivity contribution is 7.80. The molecule has 0 saturated carbocycles. The van der Waals surface area contributed by atoms with E-state index in [-0.39, 0.29) is 11.0 Å². The van der Waals surface area contributed by atoms with E-state index in [4.69, 9.17) is 17.0 Å². The fourth-order valence-electron chi connectivity index (χ4n) is 2.86. The molecule has 1 amide bonds. The molecule has 1 aromatic rings. The SMILES string of the molecule is CCCC(=O)NC(=S)Nc1cc(C(=O)OC)ccc1N1CC[NH+](C)CC1. The quantitative estimate of drug-likeness (QED) is 0.509. The van der Waals surface area contributed by atoms with Crippen molar-refractivity contribution in [3.05, 3.63) is 23.8 Å². The predicted octanol–water partition coefficient (Wildman–Crippen LogP) is 0.421. The molecule has 0 unspecified atom stereocenters. The van der Waals surface area contributed by atoms with Crippen molar-refractivity contribution in [1.82, 2.24) is 5.32 Å². The van der Waals surface area contributed by atoms with Crippen molar-refractivity contribution in [2.75, 3.05) is 50.6 Å². The number of esters is 1. The number of likely N-dealkylation sites (N-methyl/N-ethyl adjacent to an activating group) is 1. The number of hydrogen-bond acceptors (Lipinski definition) is 5. The van der Waals surface area contributed by atoms with E-state index in [1.807, 2.05) is 13.0 Å². The number of piperazine rings is 1. The van der Waals surface area contributed by atoms with Gasteiger partial charge in [0, 0.05) is 6.42 Å². The van der Waals surface area contributed by atoms with E-state index in [1.54, 1.807) is 12.1 Å². The van der Waals surface area contributed by atoms with Crippen molar-refractivity contribution in [3.63, 3.8) is 0 Å². The molecule has 7 nitrogen and oxygen atoms in total. The molecule has 1 saturated heterocycles. The number of anilines is 2. The van der Waals surface area contributed by atoms with Crippen molar-refractivity contribution in [3.8, 4) is 0 Å². The van der Waals surface area contributed by atoms with Gasteiger partial charge in [0.15, 0.2) is 5.11 Å². The van der Waals surface area contributed by atoms with Crippen LogP contribution in [0.15, 0.2) is 18.2 Å². The lowest BCUT2D eigenvalue weighted by molar-refractivity contribution is -0.880. The number of carbonyl (C=O) groups is 2. The van der Waals surface area contributed by atoms with Crippen molar-refractivity contribution >= 4 is 40.6 Å². The number of methoxy groups -OCH3 is 1. The highest BCUT2D eigenvalue weighted by Crippen LogP contribution is 2.28. The fraction of sp³-hybridized carbons (Fsp3) is 0.500. The molecule has 8 heteroatoms. The topological polar surface area (TPSA) is 75.1 Å². The first-order valence-corrected chi connectivity index (χ1v) is 9.24. The maximum atomic E-state index is 11.9. The number of ether oxygens (including phenoxy) is 1.